The van der Waals surface area contributed by atoms with Crippen molar-refractivity contribution in [1.82, 2.24) is 0 Å². The zero-order valence-corrected chi connectivity index (χ0v) is 33.7. The van der Waals surface area contributed by atoms with E-state index in [0.717, 1.165) is 54.5 Å². The second-order valence-electron chi connectivity index (χ2n) is 20.0. The fourth-order valence-electron chi connectivity index (χ4n) is 14.8. The second-order valence-corrected chi connectivity index (χ2v) is 20.0. The summed E-state index contributed by atoms with van der Waals surface area (Å²) in [4.78, 5) is 28.7. The Morgan fingerprint density at radius 3 is 2.40 bits per heavy atom. The Morgan fingerprint density at radius 2 is 1.69 bits per heavy atom. The molecule has 2 aromatic rings. The van der Waals surface area contributed by atoms with Crippen LogP contribution in [-0.4, -0.2) is 62.5 Å². The standard InChI is InChI=1S/C47H63NO7/c1-26(20-35(51)42-46(6,55-42)33-15-9-14-31(33)27-10-7-12-29(48)21-27)39-34-16-17-38-44(4)23-32(28-11-8-13-30(50)22-28)41(54)43(2,3)40(44)37(53)25-47(38,18-19-49)45(34,5)24-36(39)52/h7-8,10-13,21-22,26,31-33,35,37-38,40,42,49-51,53H,9,14-20,23-25,48H2,1-6H3. The Kier molecular flexibility index (Phi) is 9.35. The fourth-order valence-corrected chi connectivity index (χ4v) is 14.8. The van der Waals surface area contributed by atoms with E-state index in [4.69, 9.17) is 10.5 Å². The van der Waals surface area contributed by atoms with Gasteiger partial charge in [-0.2, -0.15) is 0 Å². The number of anilines is 1. The molecule has 0 bridgehead atoms. The van der Waals surface area contributed by atoms with Crippen LogP contribution in [0, 0.1) is 45.3 Å². The number of fused-ring (bicyclic) bond motifs is 5. The number of hydrogen-bond donors (Lipinski definition) is 5. The molecule has 1 saturated heterocycles. The smallest absolute Gasteiger partial charge is 0.159 e. The molecule has 6 aliphatic rings. The number of benzene rings is 2. The molecule has 8 nitrogen and oxygen atoms in total. The van der Waals surface area contributed by atoms with Gasteiger partial charge in [-0.25, -0.2) is 0 Å². The number of epoxide rings is 1. The van der Waals surface area contributed by atoms with Gasteiger partial charge in [-0.3, -0.25) is 9.59 Å². The van der Waals surface area contributed by atoms with Crippen LogP contribution < -0.4 is 5.73 Å². The normalized spacial score (nSPS) is 41.7. The molecule has 1 heterocycles. The first-order valence-corrected chi connectivity index (χ1v) is 21.0. The second kappa shape index (κ2) is 13.3. The molecule has 1 aliphatic heterocycles. The molecule has 8 heteroatoms. The quantitative estimate of drug-likeness (QED) is 0.130. The lowest BCUT2D eigenvalue weighted by Crippen LogP contribution is -2.68. The molecule has 8 rings (SSSR count). The number of carbonyl (C=O) groups excluding carboxylic acids is 2. The molecular weight excluding hydrogens is 691 g/mol. The molecule has 0 radical (unpaired) electrons. The van der Waals surface area contributed by atoms with E-state index in [0.29, 0.717) is 38.0 Å². The molecule has 2 aromatic carbocycles. The van der Waals surface area contributed by atoms with Crippen molar-refractivity contribution in [3.8, 4) is 5.75 Å². The molecule has 5 fully saturated rings. The Labute approximate surface area is 326 Å². The number of ketones is 2. The van der Waals surface area contributed by atoms with Gasteiger partial charge in [-0.15, -0.1) is 0 Å². The number of phenols is 1. The average Bonchev–Trinajstić information content (AvgIpc) is 3.42. The van der Waals surface area contributed by atoms with Crippen LogP contribution in [0.4, 0.5) is 5.69 Å². The monoisotopic (exact) mass is 753 g/mol. The van der Waals surface area contributed by atoms with Crippen molar-refractivity contribution in [2.45, 2.75) is 141 Å². The number of rotatable bonds is 9. The highest BCUT2D eigenvalue weighted by Crippen LogP contribution is 2.76. The van der Waals surface area contributed by atoms with E-state index in [1.165, 1.54) is 5.56 Å². The maximum atomic E-state index is 14.4. The molecule has 55 heavy (non-hydrogen) atoms. The molecular formula is C47H63NO7. The number of aliphatic hydroxyl groups excluding tert-OH is 3. The Morgan fingerprint density at radius 1 is 0.964 bits per heavy atom. The van der Waals surface area contributed by atoms with Crippen molar-refractivity contribution in [3.63, 3.8) is 0 Å². The third-order valence-corrected chi connectivity index (χ3v) is 16.8. The first kappa shape index (κ1) is 38.8. The van der Waals surface area contributed by atoms with E-state index in [1.807, 2.05) is 32.0 Å². The Bertz CT molecular complexity index is 1900. The number of phenolic OH excluding ortho intramolecular Hbond substituents is 1. The summed E-state index contributed by atoms with van der Waals surface area (Å²) in [6.07, 6.45) is 5.13. The lowest BCUT2D eigenvalue weighted by molar-refractivity contribution is -0.228. The summed E-state index contributed by atoms with van der Waals surface area (Å²) in [5.41, 5.74) is 8.06. The summed E-state index contributed by atoms with van der Waals surface area (Å²) in [6, 6.07) is 15.2. The largest absolute Gasteiger partial charge is 0.508 e. The maximum Gasteiger partial charge on any atom is 0.159 e. The van der Waals surface area contributed by atoms with Gasteiger partial charge >= 0.3 is 0 Å². The molecule has 4 saturated carbocycles. The lowest BCUT2D eigenvalue weighted by Gasteiger charge is -2.70. The van der Waals surface area contributed by atoms with Crippen LogP contribution in [0.3, 0.4) is 0 Å². The molecule has 5 aliphatic carbocycles. The van der Waals surface area contributed by atoms with Crippen LogP contribution in [0.5, 0.6) is 5.75 Å². The number of ether oxygens (including phenoxy) is 1. The van der Waals surface area contributed by atoms with Crippen molar-refractivity contribution in [2.24, 2.45) is 45.3 Å². The van der Waals surface area contributed by atoms with Crippen molar-refractivity contribution in [3.05, 3.63) is 70.8 Å². The molecule has 13 atom stereocenters. The SMILES string of the molecule is CC(CC(O)C1OC1(C)C1CCCC1c1cccc(N)c1)C1=C2CCC3C4(C)CC(c5cccc(O)c5)C(=O)C(C)(C)C4C(O)CC3(CCO)C2(C)CC1=O. The topological polar surface area (TPSA) is 154 Å². The zero-order valence-electron chi connectivity index (χ0n) is 33.7. The summed E-state index contributed by atoms with van der Waals surface area (Å²) >= 11 is 0. The highest BCUT2D eigenvalue weighted by atomic mass is 16.6. The number of carbonyl (C=O) groups is 2. The van der Waals surface area contributed by atoms with Gasteiger partial charge in [0.15, 0.2) is 5.78 Å². The number of Topliss-reactive ketones (excluding diaryl/α,β-unsaturated/α-hetero) is 2. The molecule has 0 spiro atoms. The first-order valence-electron chi connectivity index (χ1n) is 21.0. The summed E-state index contributed by atoms with van der Waals surface area (Å²) in [6.45, 7) is 12.6. The average molecular weight is 754 g/mol. The van der Waals surface area contributed by atoms with E-state index in [2.05, 4.69) is 39.8 Å². The highest BCUT2D eigenvalue weighted by molar-refractivity contribution is 6.00. The molecule has 298 valence electrons. The van der Waals surface area contributed by atoms with E-state index >= 15 is 0 Å². The van der Waals surface area contributed by atoms with Crippen molar-refractivity contribution in [1.29, 1.82) is 0 Å². The van der Waals surface area contributed by atoms with Crippen LogP contribution >= 0.6 is 0 Å². The van der Waals surface area contributed by atoms with E-state index < -0.39 is 45.4 Å². The summed E-state index contributed by atoms with van der Waals surface area (Å²) < 4.78 is 6.44. The molecule has 0 amide bonds. The van der Waals surface area contributed by atoms with E-state index in [-0.39, 0.29) is 53.7 Å². The number of aromatic hydroxyl groups is 1. The number of aliphatic hydroxyl groups is 3. The van der Waals surface area contributed by atoms with Gasteiger partial charge in [0.2, 0.25) is 0 Å². The third-order valence-electron chi connectivity index (χ3n) is 16.8. The Hall–Kier alpha value is -3.04. The van der Waals surface area contributed by atoms with Crippen LogP contribution in [0.1, 0.15) is 129 Å². The minimum absolute atomic E-state index is 0.0504. The van der Waals surface area contributed by atoms with Crippen molar-refractivity contribution in [2.75, 3.05) is 12.3 Å². The zero-order chi connectivity index (χ0) is 39.5. The van der Waals surface area contributed by atoms with Gasteiger partial charge in [0.05, 0.1) is 17.8 Å². The number of allylic oxidation sites excluding steroid dienone is 2. The molecule has 0 aromatic heterocycles. The minimum Gasteiger partial charge on any atom is -0.508 e. The summed E-state index contributed by atoms with van der Waals surface area (Å²) in [7, 11) is 0. The predicted octanol–water partition coefficient (Wildman–Crippen LogP) is 7.63. The van der Waals surface area contributed by atoms with Crippen molar-refractivity contribution >= 4 is 17.3 Å². The maximum absolute atomic E-state index is 14.4. The van der Waals surface area contributed by atoms with Crippen LogP contribution in [0.15, 0.2) is 59.7 Å². The van der Waals surface area contributed by atoms with Gasteiger partial charge in [-0.05, 0) is 134 Å². The lowest BCUT2D eigenvalue weighted by atomic mass is 9.34. The van der Waals surface area contributed by atoms with Gasteiger partial charge < -0.3 is 30.9 Å². The predicted molar refractivity (Wildman–Crippen MR) is 212 cm³/mol. The van der Waals surface area contributed by atoms with E-state index in [1.54, 1.807) is 18.2 Å². The Balaban J connectivity index is 1.08. The number of nitrogens with two attached hydrogens (primary N) is 1. The van der Waals surface area contributed by atoms with Gasteiger partial charge in [0, 0.05) is 41.4 Å². The third kappa shape index (κ3) is 5.66. The van der Waals surface area contributed by atoms with Crippen LogP contribution in [0.25, 0.3) is 0 Å². The van der Waals surface area contributed by atoms with Crippen LogP contribution in [-0.2, 0) is 14.3 Å². The first-order chi connectivity index (χ1) is 25.9. The highest BCUT2D eigenvalue weighted by Gasteiger charge is 2.72. The summed E-state index contributed by atoms with van der Waals surface area (Å²) in [5.74, 6) is 0.0965. The van der Waals surface area contributed by atoms with Gasteiger partial charge in [-0.1, -0.05) is 70.9 Å². The summed E-state index contributed by atoms with van der Waals surface area (Å²) in [5, 5.41) is 45.4. The number of nitrogen functional groups attached to an aromatic ring is 1. The van der Waals surface area contributed by atoms with Crippen LogP contribution in [0.2, 0.25) is 0 Å². The molecule has 6 N–H and O–H groups in total. The van der Waals surface area contributed by atoms with Gasteiger partial charge in [0.25, 0.3) is 0 Å². The molecule has 13 unspecified atom stereocenters. The fraction of sp³-hybridized carbons (Fsp3) is 0.660. The minimum atomic E-state index is -0.821. The number of hydrogen-bond acceptors (Lipinski definition) is 8. The van der Waals surface area contributed by atoms with Crippen molar-refractivity contribution < 1.29 is 34.8 Å². The van der Waals surface area contributed by atoms with Gasteiger partial charge in [0.1, 0.15) is 17.6 Å². The van der Waals surface area contributed by atoms with E-state index in [9.17, 15) is 30.0 Å².